The number of nitrogens with zero attached hydrogens (tertiary/aromatic N) is 4. The van der Waals surface area contributed by atoms with Crippen LogP contribution in [0, 0.1) is 6.92 Å². The maximum Gasteiger partial charge on any atom is 0.208 e. The fraction of sp³-hybridized carbons (Fsp3) is 0.500. The first-order valence-electron chi connectivity index (χ1n) is 5.88. The number of rotatable bonds is 5. The molecule has 18 heavy (non-hydrogen) atoms. The average molecular weight is 249 g/mol. The summed E-state index contributed by atoms with van der Waals surface area (Å²) in [5, 5.41) is 3.29. The van der Waals surface area contributed by atoms with E-state index < -0.39 is 0 Å². The third kappa shape index (κ3) is 2.70. The molecule has 0 spiro atoms. The van der Waals surface area contributed by atoms with Gasteiger partial charge in [-0.25, -0.2) is 9.97 Å². The van der Waals surface area contributed by atoms with Crippen LogP contribution in [0.4, 0.5) is 5.95 Å². The molecular formula is C12H19N5O. The van der Waals surface area contributed by atoms with Crippen molar-refractivity contribution in [3.63, 3.8) is 0 Å². The van der Waals surface area contributed by atoms with E-state index in [4.69, 9.17) is 4.42 Å². The molecule has 0 aliphatic carbocycles. The van der Waals surface area contributed by atoms with Crippen molar-refractivity contribution in [2.75, 3.05) is 19.0 Å². The molecule has 2 aromatic rings. The zero-order valence-corrected chi connectivity index (χ0v) is 11.3. The second-order valence-corrected chi connectivity index (χ2v) is 4.47. The molecule has 0 aromatic carbocycles. The first-order chi connectivity index (χ1) is 8.58. The maximum atomic E-state index is 5.39. The zero-order valence-electron chi connectivity index (χ0n) is 11.3. The van der Waals surface area contributed by atoms with Crippen molar-refractivity contribution < 1.29 is 4.42 Å². The van der Waals surface area contributed by atoms with E-state index in [0.717, 1.165) is 23.9 Å². The Balaban J connectivity index is 1.90. The lowest BCUT2D eigenvalue weighted by Crippen LogP contribution is -2.18. The predicted molar refractivity (Wildman–Crippen MR) is 69.3 cm³/mol. The number of anilines is 1. The molecule has 6 heteroatoms. The normalized spacial score (nSPS) is 10.9. The monoisotopic (exact) mass is 249 g/mol. The number of hydrogen-bond acceptors (Lipinski definition) is 5. The summed E-state index contributed by atoms with van der Waals surface area (Å²) in [6.07, 6.45) is 3.61. The molecular weight excluding hydrogens is 230 g/mol. The molecule has 2 rings (SSSR count). The van der Waals surface area contributed by atoms with Crippen LogP contribution in [0.15, 0.2) is 16.8 Å². The lowest BCUT2D eigenvalue weighted by molar-refractivity contribution is 0.447. The van der Waals surface area contributed by atoms with Crippen LogP contribution in [0.5, 0.6) is 0 Å². The van der Waals surface area contributed by atoms with Crippen LogP contribution in [0.2, 0.25) is 0 Å². The van der Waals surface area contributed by atoms with Gasteiger partial charge in [-0.2, -0.15) is 0 Å². The van der Waals surface area contributed by atoms with E-state index in [1.54, 1.807) is 6.20 Å². The molecule has 0 saturated carbocycles. The van der Waals surface area contributed by atoms with Gasteiger partial charge in [0.2, 0.25) is 11.8 Å². The Morgan fingerprint density at radius 3 is 2.61 bits per heavy atom. The Kier molecular flexibility index (Phi) is 3.66. The fourth-order valence-corrected chi connectivity index (χ4v) is 1.79. The van der Waals surface area contributed by atoms with Crippen LogP contribution in [0.25, 0.3) is 0 Å². The van der Waals surface area contributed by atoms with Gasteiger partial charge in [-0.1, -0.05) is 0 Å². The van der Waals surface area contributed by atoms with Crippen molar-refractivity contribution in [1.82, 2.24) is 19.9 Å². The van der Waals surface area contributed by atoms with E-state index in [1.165, 1.54) is 0 Å². The van der Waals surface area contributed by atoms with Crippen LogP contribution in [0.1, 0.15) is 17.3 Å². The molecule has 0 saturated heterocycles. The van der Waals surface area contributed by atoms with E-state index in [9.17, 15) is 0 Å². The Morgan fingerprint density at radius 2 is 2.06 bits per heavy atom. The lowest BCUT2D eigenvalue weighted by Gasteiger charge is -2.12. The molecule has 0 radical (unpaired) electrons. The fourth-order valence-electron chi connectivity index (χ4n) is 1.79. The van der Waals surface area contributed by atoms with E-state index in [2.05, 4.69) is 19.9 Å². The Hall–Kier alpha value is -1.82. The SMILES string of the molecule is Cc1cnc(CNCc2cnc(N(C)C)n2C)o1. The number of imidazole rings is 1. The summed E-state index contributed by atoms with van der Waals surface area (Å²) >= 11 is 0. The molecule has 0 fully saturated rings. The van der Waals surface area contributed by atoms with E-state index >= 15 is 0 Å². The summed E-state index contributed by atoms with van der Waals surface area (Å²) in [6.45, 7) is 3.25. The van der Waals surface area contributed by atoms with E-state index in [0.29, 0.717) is 12.4 Å². The third-order valence-corrected chi connectivity index (χ3v) is 2.71. The second-order valence-electron chi connectivity index (χ2n) is 4.47. The average Bonchev–Trinajstić information content (AvgIpc) is 2.87. The van der Waals surface area contributed by atoms with E-state index in [1.807, 2.05) is 39.2 Å². The van der Waals surface area contributed by atoms with Crippen LogP contribution in [-0.4, -0.2) is 28.6 Å². The van der Waals surface area contributed by atoms with Gasteiger partial charge in [-0.15, -0.1) is 0 Å². The molecule has 0 aliphatic rings. The lowest BCUT2D eigenvalue weighted by atomic mass is 10.4. The van der Waals surface area contributed by atoms with Gasteiger partial charge >= 0.3 is 0 Å². The van der Waals surface area contributed by atoms with Crippen molar-refractivity contribution in [3.8, 4) is 0 Å². The van der Waals surface area contributed by atoms with Gasteiger partial charge in [0.15, 0.2) is 0 Å². The van der Waals surface area contributed by atoms with Crippen molar-refractivity contribution in [3.05, 3.63) is 29.7 Å². The quantitative estimate of drug-likeness (QED) is 0.859. The van der Waals surface area contributed by atoms with Crippen LogP contribution < -0.4 is 10.2 Å². The highest BCUT2D eigenvalue weighted by atomic mass is 16.4. The molecule has 0 unspecified atom stereocenters. The number of aryl methyl sites for hydroxylation is 1. The highest BCUT2D eigenvalue weighted by Crippen LogP contribution is 2.10. The maximum absolute atomic E-state index is 5.39. The summed E-state index contributed by atoms with van der Waals surface area (Å²) in [7, 11) is 5.97. The van der Waals surface area contributed by atoms with Gasteiger partial charge in [0.05, 0.1) is 24.6 Å². The van der Waals surface area contributed by atoms with Crippen molar-refractivity contribution in [1.29, 1.82) is 0 Å². The highest BCUT2D eigenvalue weighted by Gasteiger charge is 2.08. The third-order valence-electron chi connectivity index (χ3n) is 2.71. The van der Waals surface area contributed by atoms with Gasteiger partial charge in [0.25, 0.3) is 0 Å². The smallest absolute Gasteiger partial charge is 0.208 e. The van der Waals surface area contributed by atoms with Crippen molar-refractivity contribution in [2.45, 2.75) is 20.0 Å². The zero-order chi connectivity index (χ0) is 13.1. The standard InChI is InChI=1S/C12H19N5O/c1-9-5-14-11(18-9)8-13-6-10-7-15-12(16(2)3)17(10)4/h5,7,13H,6,8H2,1-4H3. The largest absolute Gasteiger partial charge is 0.445 e. The van der Waals surface area contributed by atoms with Gasteiger partial charge in [-0.05, 0) is 6.92 Å². The second kappa shape index (κ2) is 5.22. The summed E-state index contributed by atoms with van der Waals surface area (Å²) < 4.78 is 7.45. The number of oxazole rings is 1. The molecule has 0 bridgehead atoms. The van der Waals surface area contributed by atoms with Crippen molar-refractivity contribution in [2.24, 2.45) is 7.05 Å². The van der Waals surface area contributed by atoms with E-state index in [-0.39, 0.29) is 0 Å². The number of nitrogens with one attached hydrogen (secondary N) is 1. The molecule has 0 aliphatic heterocycles. The van der Waals surface area contributed by atoms with Gasteiger partial charge in [0, 0.05) is 27.7 Å². The highest BCUT2D eigenvalue weighted by molar-refractivity contribution is 5.30. The molecule has 6 nitrogen and oxygen atoms in total. The Morgan fingerprint density at radius 1 is 1.28 bits per heavy atom. The summed E-state index contributed by atoms with van der Waals surface area (Å²) in [5.41, 5.74) is 1.13. The predicted octanol–water partition coefficient (Wildman–Crippen LogP) is 1.07. The van der Waals surface area contributed by atoms with Gasteiger partial charge in [-0.3, -0.25) is 0 Å². The minimum absolute atomic E-state index is 0.621. The minimum atomic E-state index is 0.621. The van der Waals surface area contributed by atoms with Crippen molar-refractivity contribution >= 4 is 5.95 Å². The summed E-state index contributed by atoms with van der Waals surface area (Å²) in [4.78, 5) is 10.5. The van der Waals surface area contributed by atoms with Crippen LogP contribution in [0.3, 0.4) is 0 Å². The molecule has 0 atom stereocenters. The molecule has 0 amide bonds. The van der Waals surface area contributed by atoms with Crippen LogP contribution in [-0.2, 0) is 20.1 Å². The first kappa shape index (κ1) is 12.6. The summed E-state index contributed by atoms with van der Waals surface area (Å²) in [5.74, 6) is 2.49. The molecule has 2 aromatic heterocycles. The first-order valence-corrected chi connectivity index (χ1v) is 5.88. The molecule has 98 valence electrons. The minimum Gasteiger partial charge on any atom is -0.445 e. The van der Waals surface area contributed by atoms with Gasteiger partial charge in [0.1, 0.15) is 5.76 Å². The topological polar surface area (TPSA) is 59.1 Å². The number of hydrogen-bond donors (Lipinski definition) is 1. The molecule has 1 N–H and O–H groups in total. The van der Waals surface area contributed by atoms with Gasteiger partial charge < -0.3 is 19.2 Å². The number of aromatic nitrogens is 3. The van der Waals surface area contributed by atoms with Crippen LogP contribution >= 0.6 is 0 Å². The molecule has 2 heterocycles. The Bertz CT molecular complexity index is 514. The Labute approximate surface area is 107 Å². The summed E-state index contributed by atoms with van der Waals surface area (Å²) in [6, 6.07) is 0.